The summed E-state index contributed by atoms with van der Waals surface area (Å²) in [5.41, 5.74) is 4.36. The molecule has 0 aliphatic carbocycles. The topological polar surface area (TPSA) is 66.7 Å². The number of hydrogen-bond donors (Lipinski definition) is 0. The number of anilines is 1. The standard InChI is InChI=1S/C31H36N6O2/c1-5-27(38)36-15-17-37(18-16-36)30-25-19-26(24-13-7-11-22-10-6-9-21(2)28(22)24)35(4)29(25)32-31(33-30)39-20-23-12-8-14-34(23)3/h5-7,9-11,13,19,23H,1,8,12,14-18,20H2,2-4H3/t23-/m0/s1. The number of benzene rings is 2. The monoisotopic (exact) mass is 524 g/mol. The minimum Gasteiger partial charge on any atom is -0.462 e. The second-order valence-electron chi connectivity index (χ2n) is 10.7. The van der Waals surface area contributed by atoms with Gasteiger partial charge < -0.3 is 24.0 Å². The Morgan fingerprint density at radius 3 is 2.56 bits per heavy atom. The molecule has 8 heteroatoms. The fourth-order valence-corrected chi connectivity index (χ4v) is 6.09. The molecule has 2 aromatic heterocycles. The zero-order valence-electron chi connectivity index (χ0n) is 23.1. The third-order valence-corrected chi connectivity index (χ3v) is 8.38. The maximum atomic E-state index is 12.2. The van der Waals surface area contributed by atoms with Crippen molar-refractivity contribution in [3.63, 3.8) is 0 Å². The Kier molecular flexibility index (Phi) is 6.73. The SMILES string of the molecule is C=CC(=O)N1CCN(c2nc(OC[C@@H]3CCCN3C)nc3c2cc(-c2cccc4cccc(C)c24)n3C)CC1. The van der Waals surface area contributed by atoms with Crippen LogP contribution in [0.4, 0.5) is 5.82 Å². The van der Waals surface area contributed by atoms with Gasteiger partial charge in [-0.25, -0.2) is 0 Å². The zero-order valence-corrected chi connectivity index (χ0v) is 23.1. The summed E-state index contributed by atoms with van der Waals surface area (Å²) in [4.78, 5) is 28.5. The highest BCUT2D eigenvalue weighted by Gasteiger charge is 2.26. The Bertz CT molecular complexity index is 1550. The Hall–Kier alpha value is -3.91. The van der Waals surface area contributed by atoms with Gasteiger partial charge in [0.2, 0.25) is 5.91 Å². The van der Waals surface area contributed by atoms with Crippen molar-refractivity contribution in [1.29, 1.82) is 0 Å². The number of likely N-dealkylation sites (N-methyl/N-ethyl adjacent to an activating group) is 1. The maximum absolute atomic E-state index is 12.2. The molecule has 0 saturated carbocycles. The molecule has 2 aromatic carbocycles. The molecule has 8 nitrogen and oxygen atoms in total. The molecule has 2 saturated heterocycles. The van der Waals surface area contributed by atoms with Crippen LogP contribution in [0.2, 0.25) is 0 Å². The molecule has 0 N–H and O–H groups in total. The lowest BCUT2D eigenvalue weighted by molar-refractivity contribution is -0.126. The van der Waals surface area contributed by atoms with Crippen LogP contribution in [0.15, 0.2) is 55.1 Å². The number of piperazine rings is 1. The summed E-state index contributed by atoms with van der Waals surface area (Å²) in [6, 6.07) is 15.9. The molecule has 4 aromatic rings. The highest BCUT2D eigenvalue weighted by atomic mass is 16.5. The van der Waals surface area contributed by atoms with Crippen LogP contribution in [0.3, 0.4) is 0 Å². The average molecular weight is 525 g/mol. The van der Waals surface area contributed by atoms with Crippen LogP contribution in [0.5, 0.6) is 6.01 Å². The van der Waals surface area contributed by atoms with Gasteiger partial charge in [0.25, 0.3) is 0 Å². The minimum absolute atomic E-state index is 0.0273. The number of likely N-dealkylation sites (tertiary alicyclic amines) is 1. The van der Waals surface area contributed by atoms with E-state index < -0.39 is 0 Å². The first kappa shape index (κ1) is 25.4. The van der Waals surface area contributed by atoms with E-state index in [-0.39, 0.29) is 5.91 Å². The van der Waals surface area contributed by atoms with Gasteiger partial charge in [-0.3, -0.25) is 4.79 Å². The lowest BCUT2D eigenvalue weighted by Crippen LogP contribution is -2.48. The number of carbonyl (C=O) groups excluding carboxylic acids is 1. The van der Waals surface area contributed by atoms with Gasteiger partial charge >= 0.3 is 6.01 Å². The van der Waals surface area contributed by atoms with Crippen LogP contribution >= 0.6 is 0 Å². The molecule has 0 bridgehead atoms. The summed E-state index contributed by atoms with van der Waals surface area (Å²) in [6.45, 7) is 10.1. The van der Waals surface area contributed by atoms with Crippen LogP contribution in [0, 0.1) is 6.92 Å². The number of hydrogen-bond acceptors (Lipinski definition) is 6. The first-order valence-electron chi connectivity index (χ1n) is 13.8. The molecule has 4 heterocycles. The number of ether oxygens (including phenoxy) is 1. The molecule has 0 radical (unpaired) electrons. The molecule has 2 aliphatic heterocycles. The number of carbonyl (C=O) groups is 1. The summed E-state index contributed by atoms with van der Waals surface area (Å²) in [5.74, 6) is 0.833. The number of aryl methyl sites for hydroxylation is 2. The van der Waals surface area contributed by atoms with E-state index in [0.717, 1.165) is 35.5 Å². The summed E-state index contributed by atoms with van der Waals surface area (Å²) in [5, 5.41) is 3.46. The highest BCUT2D eigenvalue weighted by molar-refractivity contribution is 6.02. The Balaban J connectivity index is 1.43. The lowest BCUT2D eigenvalue weighted by atomic mass is 9.98. The predicted molar refractivity (Wildman–Crippen MR) is 156 cm³/mol. The summed E-state index contributed by atoms with van der Waals surface area (Å²) in [6.07, 6.45) is 3.70. The lowest BCUT2D eigenvalue weighted by Gasteiger charge is -2.35. The van der Waals surface area contributed by atoms with Gasteiger partial charge in [0, 0.05) is 44.8 Å². The normalized spacial score (nSPS) is 18.3. The van der Waals surface area contributed by atoms with Gasteiger partial charge in [0.05, 0.1) is 11.1 Å². The molecule has 2 fully saturated rings. The fourth-order valence-electron chi connectivity index (χ4n) is 6.09. The molecule has 0 spiro atoms. The molecule has 202 valence electrons. The second kappa shape index (κ2) is 10.3. The summed E-state index contributed by atoms with van der Waals surface area (Å²) < 4.78 is 8.41. The van der Waals surface area contributed by atoms with Crippen LogP contribution in [-0.4, -0.2) is 82.7 Å². The van der Waals surface area contributed by atoms with E-state index in [0.29, 0.717) is 44.8 Å². The third kappa shape index (κ3) is 4.63. The van der Waals surface area contributed by atoms with Crippen LogP contribution in [-0.2, 0) is 11.8 Å². The van der Waals surface area contributed by atoms with Crippen molar-refractivity contribution in [3.8, 4) is 17.3 Å². The molecule has 1 amide bonds. The first-order valence-corrected chi connectivity index (χ1v) is 13.8. The van der Waals surface area contributed by atoms with E-state index in [4.69, 9.17) is 14.7 Å². The average Bonchev–Trinajstić information content (AvgIpc) is 3.53. The van der Waals surface area contributed by atoms with Crippen molar-refractivity contribution in [3.05, 3.63) is 60.7 Å². The van der Waals surface area contributed by atoms with Crippen LogP contribution < -0.4 is 9.64 Å². The van der Waals surface area contributed by atoms with E-state index in [2.05, 4.69) is 84.4 Å². The van der Waals surface area contributed by atoms with Gasteiger partial charge in [0.1, 0.15) is 18.1 Å². The Morgan fingerprint density at radius 1 is 1.08 bits per heavy atom. The molecular weight excluding hydrogens is 488 g/mol. The van der Waals surface area contributed by atoms with Gasteiger partial charge in [-0.05, 0) is 61.8 Å². The smallest absolute Gasteiger partial charge is 0.320 e. The van der Waals surface area contributed by atoms with Crippen molar-refractivity contribution in [2.45, 2.75) is 25.8 Å². The predicted octanol–water partition coefficient (Wildman–Crippen LogP) is 4.40. The highest BCUT2D eigenvalue weighted by Crippen LogP contribution is 2.37. The number of aromatic nitrogens is 3. The van der Waals surface area contributed by atoms with Crippen molar-refractivity contribution in [2.75, 3.05) is 51.3 Å². The number of rotatable bonds is 6. The van der Waals surface area contributed by atoms with Crippen LogP contribution in [0.1, 0.15) is 18.4 Å². The quantitative estimate of drug-likeness (QED) is 0.348. The largest absolute Gasteiger partial charge is 0.462 e. The number of fused-ring (bicyclic) bond motifs is 2. The molecule has 0 unspecified atom stereocenters. The van der Waals surface area contributed by atoms with Crippen molar-refractivity contribution in [1.82, 2.24) is 24.3 Å². The van der Waals surface area contributed by atoms with E-state index in [1.54, 1.807) is 0 Å². The second-order valence-corrected chi connectivity index (χ2v) is 10.7. The maximum Gasteiger partial charge on any atom is 0.320 e. The van der Waals surface area contributed by atoms with Crippen molar-refractivity contribution in [2.24, 2.45) is 7.05 Å². The molecule has 2 aliphatic rings. The van der Waals surface area contributed by atoms with Gasteiger partial charge in [0.15, 0.2) is 0 Å². The van der Waals surface area contributed by atoms with Gasteiger partial charge in [-0.2, -0.15) is 9.97 Å². The first-order chi connectivity index (χ1) is 18.9. The van der Waals surface area contributed by atoms with Crippen LogP contribution in [0.25, 0.3) is 33.1 Å². The molecule has 1 atom stereocenters. The summed E-state index contributed by atoms with van der Waals surface area (Å²) >= 11 is 0. The Morgan fingerprint density at radius 2 is 1.85 bits per heavy atom. The van der Waals surface area contributed by atoms with E-state index in [9.17, 15) is 4.79 Å². The number of amides is 1. The zero-order chi connectivity index (χ0) is 27.1. The third-order valence-electron chi connectivity index (χ3n) is 8.38. The van der Waals surface area contributed by atoms with Gasteiger partial charge in [-0.15, -0.1) is 0 Å². The molecule has 39 heavy (non-hydrogen) atoms. The van der Waals surface area contributed by atoms with E-state index in [1.165, 1.54) is 34.4 Å². The van der Waals surface area contributed by atoms with E-state index >= 15 is 0 Å². The van der Waals surface area contributed by atoms with Crippen molar-refractivity contribution < 1.29 is 9.53 Å². The van der Waals surface area contributed by atoms with E-state index in [1.807, 2.05) is 4.90 Å². The summed E-state index contributed by atoms with van der Waals surface area (Å²) in [7, 11) is 4.22. The Labute approximate surface area is 229 Å². The molecular formula is C31H36N6O2. The van der Waals surface area contributed by atoms with Gasteiger partial charge in [-0.1, -0.05) is 43.0 Å². The van der Waals surface area contributed by atoms with Crippen molar-refractivity contribution >= 4 is 33.5 Å². The fraction of sp³-hybridized carbons (Fsp3) is 0.387. The number of nitrogens with zero attached hydrogens (tertiary/aromatic N) is 6. The minimum atomic E-state index is -0.0273. The molecule has 6 rings (SSSR count).